The van der Waals surface area contributed by atoms with Crippen molar-refractivity contribution in [3.8, 4) is 22.8 Å². The van der Waals surface area contributed by atoms with Crippen molar-refractivity contribution in [1.29, 1.82) is 0 Å². The van der Waals surface area contributed by atoms with E-state index in [0.29, 0.717) is 33.9 Å². The van der Waals surface area contributed by atoms with E-state index in [1.807, 2.05) is 60.7 Å². The highest BCUT2D eigenvalue weighted by molar-refractivity contribution is 6.14. The first kappa shape index (κ1) is 18.7. The van der Waals surface area contributed by atoms with E-state index in [9.17, 15) is 4.79 Å². The highest BCUT2D eigenvalue weighted by Crippen LogP contribution is 2.26. The van der Waals surface area contributed by atoms with Gasteiger partial charge in [-0.15, -0.1) is 0 Å². The van der Waals surface area contributed by atoms with E-state index >= 15 is 0 Å². The van der Waals surface area contributed by atoms with E-state index in [1.54, 1.807) is 42.3 Å². The lowest BCUT2D eigenvalue weighted by Crippen LogP contribution is -2.08. The Morgan fingerprint density at radius 2 is 1.61 bits per heavy atom. The number of hydrogen-bond acceptors (Lipinski definition) is 5. The van der Waals surface area contributed by atoms with Crippen LogP contribution in [0.5, 0.6) is 5.75 Å². The minimum absolute atomic E-state index is 0.212. The van der Waals surface area contributed by atoms with Crippen LogP contribution in [0.3, 0.4) is 0 Å². The Labute approximate surface area is 178 Å². The number of ether oxygens (including phenoxy) is 1. The van der Waals surface area contributed by atoms with Gasteiger partial charge in [-0.3, -0.25) is 4.79 Å². The molecule has 31 heavy (non-hydrogen) atoms. The van der Waals surface area contributed by atoms with Gasteiger partial charge in [0.1, 0.15) is 11.4 Å². The van der Waals surface area contributed by atoms with Crippen molar-refractivity contribution in [2.75, 3.05) is 7.11 Å². The number of para-hydroxylation sites is 1. The summed E-state index contributed by atoms with van der Waals surface area (Å²) < 4.78 is 7.01. The van der Waals surface area contributed by atoms with Crippen molar-refractivity contribution < 1.29 is 9.53 Å². The van der Waals surface area contributed by atoms with Gasteiger partial charge in [-0.1, -0.05) is 60.7 Å². The SMILES string of the molecule is COc1cccc(C(=O)c2nc(-c3ccccc3)nc3c2cnn3-c2ccccc2)c1. The molecule has 2 aromatic heterocycles. The third-order valence-corrected chi connectivity index (χ3v) is 5.01. The molecule has 5 aromatic rings. The average molecular weight is 406 g/mol. The summed E-state index contributed by atoms with van der Waals surface area (Å²) in [6.07, 6.45) is 1.64. The van der Waals surface area contributed by atoms with Crippen LogP contribution in [-0.2, 0) is 0 Å². The molecule has 0 atom stereocenters. The molecule has 0 amide bonds. The Morgan fingerprint density at radius 1 is 0.871 bits per heavy atom. The molecular weight excluding hydrogens is 388 g/mol. The van der Waals surface area contributed by atoms with Gasteiger partial charge in [0.05, 0.1) is 24.4 Å². The lowest BCUT2D eigenvalue weighted by Gasteiger charge is -2.08. The number of carbonyl (C=O) groups is 1. The molecule has 2 heterocycles. The number of carbonyl (C=O) groups excluding carboxylic acids is 1. The Morgan fingerprint density at radius 3 is 2.35 bits per heavy atom. The van der Waals surface area contributed by atoms with Gasteiger partial charge in [-0.05, 0) is 24.3 Å². The van der Waals surface area contributed by atoms with Crippen molar-refractivity contribution in [2.24, 2.45) is 0 Å². The normalized spacial score (nSPS) is 10.9. The third-order valence-electron chi connectivity index (χ3n) is 5.01. The smallest absolute Gasteiger partial charge is 0.212 e. The lowest BCUT2D eigenvalue weighted by atomic mass is 10.1. The van der Waals surface area contributed by atoms with Crippen LogP contribution in [0.4, 0.5) is 0 Å². The van der Waals surface area contributed by atoms with Crippen LogP contribution in [0, 0.1) is 0 Å². The number of fused-ring (bicyclic) bond motifs is 1. The molecule has 0 fully saturated rings. The lowest BCUT2D eigenvalue weighted by molar-refractivity contribution is 0.103. The minimum atomic E-state index is -0.212. The van der Waals surface area contributed by atoms with E-state index in [-0.39, 0.29) is 5.78 Å². The van der Waals surface area contributed by atoms with E-state index in [0.717, 1.165) is 11.3 Å². The monoisotopic (exact) mass is 406 g/mol. The molecule has 5 rings (SSSR count). The molecule has 3 aromatic carbocycles. The number of rotatable bonds is 5. The summed E-state index contributed by atoms with van der Waals surface area (Å²) in [5.74, 6) is 0.868. The van der Waals surface area contributed by atoms with Crippen LogP contribution < -0.4 is 4.74 Å². The zero-order valence-electron chi connectivity index (χ0n) is 16.8. The number of ketones is 1. The number of nitrogens with zero attached hydrogens (tertiary/aromatic N) is 4. The number of benzene rings is 3. The third kappa shape index (κ3) is 3.44. The van der Waals surface area contributed by atoms with Gasteiger partial charge in [-0.2, -0.15) is 5.10 Å². The molecule has 0 saturated heterocycles. The van der Waals surface area contributed by atoms with Crippen LogP contribution in [0.1, 0.15) is 16.1 Å². The predicted molar refractivity (Wildman–Crippen MR) is 119 cm³/mol. The fourth-order valence-corrected chi connectivity index (χ4v) is 3.46. The van der Waals surface area contributed by atoms with Crippen molar-refractivity contribution in [3.63, 3.8) is 0 Å². The molecule has 0 unspecified atom stereocenters. The van der Waals surface area contributed by atoms with Gasteiger partial charge >= 0.3 is 0 Å². The van der Waals surface area contributed by atoms with Gasteiger partial charge in [0.25, 0.3) is 0 Å². The highest BCUT2D eigenvalue weighted by Gasteiger charge is 2.21. The van der Waals surface area contributed by atoms with Gasteiger partial charge in [0.15, 0.2) is 11.5 Å². The average Bonchev–Trinajstić information content (AvgIpc) is 3.28. The quantitative estimate of drug-likeness (QED) is 0.395. The summed E-state index contributed by atoms with van der Waals surface area (Å²) in [5, 5.41) is 5.10. The first-order valence-electron chi connectivity index (χ1n) is 9.80. The fraction of sp³-hybridized carbons (Fsp3) is 0.0400. The molecule has 0 N–H and O–H groups in total. The molecule has 0 aliphatic carbocycles. The van der Waals surface area contributed by atoms with Crippen LogP contribution in [0.2, 0.25) is 0 Å². The standard InChI is InChI=1S/C25H18N4O2/c1-31-20-14-8-11-18(15-20)23(30)22-21-16-26-29(19-12-6-3-7-13-19)25(21)28-24(27-22)17-9-4-2-5-10-17/h2-16H,1H3. The Hall–Kier alpha value is -4.32. The van der Waals surface area contributed by atoms with E-state index in [1.165, 1.54) is 0 Å². The first-order chi connectivity index (χ1) is 15.2. The molecule has 0 radical (unpaired) electrons. The molecule has 0 spiro atoms. The molecule has 0 saturated carbocycles. The second-order valence-corrected chi connectivity index (χ2v) is 6.95. The van der Waals surface area contributed by atoms with Crippen molar-refractivity contribution in [2.45, 2.75) is 0 Å². The maximum atomic E-state index is 13.5. The van der Waals surface area contributed by atoms with Crippen molar-refractivity contribution in [1.82, 2.24) is 19.7 Å². The van der Waals surface area contributed by atoms with Crippen LogP contribution >= 0.6 is 0 Å². The minimum Gasteiger partial charge on any atom is -0.497 e. The molecule has 6 heteroatoms. The van der Waals surface area contributed by atoms with Gasteiger partial charge in [0, 0.05) is 11.1 Å². The largest absolute Gasteiger partial charge is 0.497 e. The summed E-state index contributed by atoms with van der Waals surface area (Å²) in [4.78, 5) is 22.9. The van der Waals surface area contributed by atoms with Crippen LogP contribution in [-0.4, -0.2) is 32.6 Å². The molecule has 0 aliphatic heterocycles. The Bertz CT molecular complexity index is 1380. The first-order valence-corrected chi connectivity index (χ1v) is 9.80. The molecule has 0 bridgehead atoms. The summed E-state index contributed by atoms with van der Waals surface area (Å²) in [7, 11) is 1.57. The van der Waals surface area contributed by atoms with E-state index < -0.39 is 0 Å². The van der Waals surface area contributed by atoms with Gasteiger partial charge < -0.3 is 4.74 Å². The fourth-order valence-electron chi connectivity index (χ4n) is 3.46. The highest BCUT2D eigenvalue weighted by atomic mass is 16.5. The van der Waals surface area contributed by atoms with Crippen LogP contribution in [0.25, 0.3) is 28.1 Å². The van der Waals surface area contributed by atoms with Crippen LogP contribution in [0.15, 0.2) is 91.1 Å². The second-order valence-electron chi connectivity index (χ2n) is 6.95. The predicted octanol–water partition coefficient (Wildman–Crippen LogP) is 4.72. The summed E-state index contributed by atoms with van der Waals surface area (Å²) in [6.45, 7) is 0. The molecule has 150 valence electrons. The number of methoxy groups -OCH3 is 1. The van der Waals surface area contributed by atoms with Gasteiger partial charge in [0.2, 0.25) is 5.78 Å². The van der Waals surface area contributed by atoms with E-state index in [4.69, 9.17) is 9.72 Å². The zero-order chi connectivity index (χ0) is 21.2. The zero-order valence-corrected chi connectivity index (χ0v) is 16.8. The molecular formula is C25H18N4O2. The van der Waals surface area contributed by atoms with Crippen molar-refractivity contribution in [3.05, 3.63) is 102 Å². The number of aromatic nitrogens is 4. The van der Waals surface area contributed by atoms with E-state index in [2.05, 4.69) is 10.1 Å². The number of hydrogen-bond donors (Lipinski definition) is 0. The molecule has 6 nitrogen and oxygen atoms in total. The second kappa shape index (κ2) is 7.84. The summed E-state index contributed by atoms with van der Waals surface area (Å²) >= 11 is 0. The Balaban J connectivity index is 1.75. The molecule has 0 aliphatic rings. The topological polar surface area (TPSA) is 69.9 Å². The summed E-state index contributed by atoms with van der Waals surface area (Å²) in [6, 6.07) is 26.4. The maximum absolute atomic E-state index is 13.5. The summed E-state index contributed by atoms with van der Waals surface area (Å²) in [5.41, 5.74) is 3.05. The van der Waals surface area contributed by atoms with Gasteiger partial charge in [-0.25, -0.2) is 14.6 Å². The van der Waals surface area contributed by atoms with Crippen molar-refractivity contribution >= 4 is 16.8 Å². The Kier molecular flexibility index (Phi) is 4.72. The maximum Gasteiger partial charge on any atom is 0.212 e.